The zero-order chi connectivity index (χ0) is 8.97. The van der Waals surface area contributed by atoms with Crippen LogP contribution in [0, 0.1) is 5.92 Å². The van der Waals surface area contributed by atoms with E-state index in [1.54, 1.807) is 12.4 Å². The van der Waals surface area contributed by atoms with Gasteiger partial charge in [0.15, 0.2) is 5.82 Å². The first kappa shape index (κ1) is 8.77. The number of aromatic nitrogens is 2. The van der Waals surface area contributed by atoms with Gasteiger partial charge in [-0.3, -0.25) is 4.79 Å². The molecule has 0 radical (unpaired) electrons. The van der Waals surface area contributed by atoms with Gasteiger partial charge in [0.2, 0.25) is 0 Å². The van der Waals surface area contributed by atoms with Crippen LogP contribution >= 0.6 is 0 Å². The Morgan fingerprint density at radius 2 is 2.50 bits per heavy atom. The lowest BCUT2D eigenvalue weighted by molar-refractivity contribution is 0.0939. The van der Waals surface area contributed by atoms with Gasteiger partial charge in [0.05, 0.1) is 0 Å². The summed E-state index contributed by atoms with van der Waals surface area (Å²) in [7, 11) is 0. The fourth-order valence-corrected chi connectivity index (χ4v) is 0.770. The molecule has 1 aromatic rings. The molecule has 1 rings (SSSR count). The minimum Gasteiger partial charge on any atom is -0.349 e. The van der Waals surface area contributed by atoms with Crippen molar-refractivity contribution in [3.05, 3.63) is 18.2 Å². The highest BCUT2D eigenvalue weighted by Gasteiger charge is 2.06. The number of hydrogen-bond donors (Lipinski definition) is 2. The van der Waals surface area contributed by atoms with Crippen molar-refractivity contribution in [3.8, 4) is 0 Å². The van der Waals surface area contributed by atoms with E-state index in [2.05, 4.69) is 15.3 Å². The molecule has 2 N–H and O–H groups in total. The summed E-state index contributed by atoms with van der Waals surface area (Å²) in [5.74, 6) is 0.688. The predicted molar refractivity (Wildman–Crippen MR) is 45.8 cm³/mol. The number of carbonyl (C=O) groups excluding carboxylic acids is 1. The van der Waals surface area contributed by atoms with E-state index in [1.807, 2.05) is 13.8 Å². The van der Waals surface area contributed by atoms with Gasteiger partial charge < -0.3 is 10.3 Å². The molecule has 0 aliphatic carbocycles. The van der Waals surface area contributed by atoms with E-state index in [9.17, 15) is 4.79 Å². The summed E-state index contributed by atoms with van der Waals surface area (Å²) in [4.78, 5) is 17.8. The molecule has 0 atom stereocenters. The van der Waals surface area contributed by atoms with Gasteiger partial charge >= 0.3 is 0 Å². The van der Waals surface area contributed by atoms with Crippen LogP contribution in [0.3, 0.4) is 0 Å². The number of H-pyrrole nitrogens is 1. The third-order valence-electron chi connectivity index (χ3n) is 1.38. The largest absolute Gasteiger partial charge is 0.349 e. The Hall–Kier alpha value is -1.32. The van der Waals surface area contributed by atoms with Crippen LogP contribution in [0.5, 0.6) is 0 Å². The van der Waals surface area contributed by atoms with Crippen molar-refractivity contribution in [2.45, 2.75) is 13.8 Å². The van der Waals surface area contributed by atoms with Crippen molar-refractivity contribution >= 4 is 5.91 Å². The van der Waals surface area contributed by atoms with Crippen molar-refractivity contribution in [2.75, 3.05) is 6.54 Å². The zero-order valence-corrected chi connectivity index (χ0v) is 7.29. The maximum atomic E-state index is 11.2. The second-order valence-electron chi connectivity index (χ2n) is 3.04. The Bertz CT molecular complexity index is 241. The fourth-order valence-electron chi connectivity index (χ4n) is 0.770. The summed E-state index contributed by atoms with van der Waals surface area (Å²) in [5, 5.41) is 2.75. The highest BCUT2D eigenvalue weighted by atomic mass is 16.2. The van der Waals surface area contributed by atoms with E-state index in [4.69, 9.17) is 0 Å². The molecule has 0 aliphatic heterocycles. The molecule has 0 saturated carbocycles. The quantitative estimate of drug-likeness (QED) is 0.699. The smallest absolute Gasteiger partial charge is 0.287 e. The predicted octanol–water partition coefficient (Wildman–Crippen LogP) is 0.795. The van der Waals surface area contributed by atoms with Crippen molar-refractivity contribution in [1.82, 2.24) is 15.3 Å². The van der Waals surface area contributed by atoms with Gasteiger partial charge in [-0.25, -0.2) is 4.98 Å². The summed E-state index contributed by atoms with van der Waals surface area (Å²) >= 11 is 0. The van der Waals surface area contributed by atoms with Gasteiger partial charge in [-0.2, -0.15) is 0 Å². The van der Waals surface area contributed by atoms with E-state index in [-0.39, 0.29) is 5.91 Å². The number of hydrogen-bond acceptors (Lipinski definition) is 2. The van der Waals surface area contributed by atoms with Crippen LogP contribution < -0.4 is 5.32 Å². The Morgan fingerprint density at radius 3 is 3.00 bits per heavy atom. The number of amides is 1. The molecule has 0 bridgehead atoms. The van der Waals surface area contributed by atoms with Gasteiger partial charge in [0.1, 0.15) is 0 Å². The second kappa shape index (κ2) is 3.90. The zero-order valence-electron chi connectivity index (χ0n) is 7.29. The van der Waals surface area contributed by atoms with Crippen LogP contribution in [0.2, 0.25) is 0 Å². The molecule has 0 fully saturated rings. The molecule has 1 amide bonds. The van der Waals surface area contributed by atoms with Crippen molar-refractivity contribution in [1.29, 1.82) is 0 Å². The van der Waals surface area contributed by atoms with E-state index in [0.717, 1.165) is 0 Å². The topological polar surface area (TPSA) is 57.8 Å². The van der Waals surface area contributed by atoms with Crippen LogP contribution in [0.1, 0.15) is 24.5 Å². The molecule has 66 valence electrons. The van der Waals surface area contributed by atoms with Gasteiger partial charge in [0, 0.05) is 18.9 Å². The highest BCUT2D eigenvalue weighted by molar-refractivity contribution is 5.90. The summed E-state index contributed by atoms with van der Waals surface area (Å²) < 4.78 is 0. The van der Waals surface area contributed by atoms with Crippen LogP contribution in [0.15, 0.2) is 12.4 Å². The standard InChI is InChI=1S/C8H13N3O/c1-6(2)5-11-8(12)7-9-3-4-10-7/h3-4,6H,5H2,1-2H3,(H,9,10)(H,11,12). The molecular weight excluding hydrogens is 154 g/mol. The first-order valence-corrected chi connectivity index (χ1v) is 3.97. The number of nitrogens with zero attached hydrogens (tertiary/aromatic N) is 1. The third kappa shape index (κ3) is 2.38. The number of rotatable bonds is 3. The summed E-state index contributed by atoms with van der Waals surface area (Å²) in [5.41, 5.74) is 0. The van der Waals surface area contributed by atoms with Gasteiger partial charge in [0.25, 0.3) is 5.91 Å². The third-order valence-corrected chi connectivity index (χ3v) is 1.38. The van der Waals surface area contributed by atoms with Crippen molar-refractivity contribution in [3.63, 3.8) is 0 Å². The lowest BCUT2D eigenvalue weighted by Crippen LogP contribution is -2.28. The van der Waals surface area contributed by atoms with E-state index >= 15 is 0 Å². The Kier molecular flexibility index (Phi) is 2.85. The molecule has 4 nitrogen and oxygen atoms in total. The Morgan fingerprint density at radius 1 is 1.75 bits per heavy atom. The molecule has 0 saturated heterocycles. The average molecular weight is 167 g/mol. The molecule has 4 heteroatoms. The Balaban J connectivity index is 2.40. The Labute approximate surface area is 71.4 Å². The summed E-state index contributed by atoms with van der Waals surface area (Å²) in [6, 6.07) is 0. The van der Waals surface area contributed by atoms with Crippen LogP contribution in [-0.4, -0.2) is 22.4 Å². The summed E-state index contributed by atoms with van der Waals surface area (Å²) in [6.45, 7) is 4.77. The minimum atomic E-state index is -0.145. The van der Waals surface area contributed by atoms with Crippen LogP contribution in [0.4, 0.5) is 0 Å². The monoisotopic (exact) mass is 167 g/mol. The number of nitrogens with one attached hydrogen (secondary N) is 2. The van der Waals surface area contributed by atoms with E-state index in [0.29, 0.717) is 18.3 Å². The number of imidazole rings is 1. The molecule has 0 spiro atoms. The summed E-state index contributed by atoms with van der Waals surface area (Å²) in [6.07, 6.45) is 3.19. The molecular formula is C8H13N3O. The van der Waals surface area contributed by atoms with E-state index in [1.165, 1.54) is 0 Å². The SMILES string of the molecule is CC(C)CNC(=O)c1ncc[nH]1. The minimum absolute atomic E-state index is 0.145. The van der Waals surface area contributed by atoms with Gasteiger partial charge in [-0.05, 0) is 5.92 Å². The lowest BCUT2D eigenvalue weighted by atomic mass is 10.2. The molecule has 0 aromatic carbocycles. The molecule has 0 unspecified atom stereocenters. The van der Waals surface area contributed by atoms with Crippen molar-refractivity contribution in [2.24, 2.45) is 5.92 Å². The van der Waals surface area contributed by atoms with Gasteiger partial charge in [-0.1, -0.05) is 13.8 Å². The number of carbonyl (C=O) groups is 1. The molecule has 1 heterocycles. The van der Waals surface area contributed by atoms with Crippen molar-refractivity contribution < 1.29 is 4.79 Å². The van der Waals surface area contributed by atoms with E-state index < -0.39 is 0 Å². The van der Waals surface area contributed by atoms with Crippen LogP contribution in [-0.2, 0) is 0 Å². The highest BCUT2D eigenvalue weighted by Crippen LogP contribution is 1.91. The number of aromatic amines is 1. The molecule has 1 aromatic heterocycles. The second-order valence-corrected chi connectivity index (χ2v) is 3.04. The fraction of sp³-hybridized carbons (Fsp3) is 0.500. The molecule has 0 aliphatic rings. The maximum Gasteiger partial charge on any atom is 0.287 e. The molecule has 12 heavy (non-hydrogen) atoms. The first-order chi connectivity index (χ1) is 5.70. The van der Waals surface area contributed by atoms with Crippen LogP contribution in [0.25, 0.3) is 0 Å². The first-order valence-electron chi connectivity index (χ1n) is 3.97. The average Bonchev–Trinajstić information content (AvgIpc) is 2.51. The van der Waals surface area contributed by atoms with Gasteiger partial charge in [-0.15, -0.1) is 0 Å². The maximum absolute atomic E-state index is 11.2. The normalized spacial score (nSPS) is 10.2. The lowest BCUT2D eigenvalue weighted by Gasteiger charge is -2.04.